The van der Waals surface area contributed by atoms with E-state index in [0.717, 1.165) is 23.3 Å². The Hall–Kier alpha value is -4.13. The number of rotatable bonds is 7. The highest BCUT2D eigenvalue weighted by Crippen LogP contribution is 2.26. The molecule has 1 aliphatic heterocycles. The third-order valence-electron chi connectivity index (χ3n) is 7.10. The van der Waals surface area contributed by atoms with E-state index >= 15 is 0 Å². The van der Waals surface area contributed by atoms with Gasteiger partial charge in [-0.2, -0.15) is 4.68 Å². The number of para-hydroxylation sites is 1. The molecule has 0 atom stereocenters. The van der Waals surface area contributed by atoms with E-state index in [-0.39, 0.29) is 17.7 Å². The standard InChI is InChI=1S/C28H27FN6O4S/c1-18-26-22(16-25(37)33(18)11-10-32-12-14-39-15-13-32)34(17-24(36)30-20-8-6-19(29)7-9-20)35(27(26)38)28-31-21-4-2-3-5-23(21)40-28/h2-9,16H,10-15,17H2,1H3,(H,30,36). The molecular weight excluding hydrogens is 535 g/mol. The Morgan fingerprint density at radius 2 is 1.82 bits per heavy atom. The summed E-state index contributed by atoms with van der Waals surface area (Å²) in [6, 6.07) is 14.4. The van der Waals surface area contributed by atoms with E-state index in [1.54, 1.807) is 11.5 Å². The summed E-state index contributed by atoms with van der Waals surface area (Å²) in [6.45, 7) is 5.48. The zero-order chi connectivity index (χ0) is 27.8. The maximum absolute atomic E-state index is 14.0. The number of nitrogens with zero attached hydrogens (tertiary/aromatic N) is 5. The van der Waals surface area contributed by atoms with E-state index in [9.17, 15) is 18.8 Å². The quantitative estimate of drug-likeness (QED) is 0.327. The smallest absolute Gasteiger partial charge is 0.283 e. The molecule has 1 aliphatic rings. The number of hydrogen-bond acceptors (Lipinski definition) is 7. The van der Waals surface area contributed by atoms with Gasteiger partial charge in [0.15, 0.2) is 0 Å². The number of hydrogen-bond donors (Lipinski definition) is 1. The van der Waals surface area contributed by atoms with Crippen molar-refractivity contribution in [2.45, 2.75) is 20.0 Å². The maximum atomic E-state index is 14.0. The number of carbonyl (C=O) groups excluding carboxylic acids is 1. The highest BCUT2D eigenvalue weighted by molar-refractivity contribution is 7.20. The molecule has 206 valence electrons. The summed E-state index contributed by atoms with van der Waals surface area (Å²) in [5.41, 5.74) is 1.41. The molecule has 3 aromatic heterocycles. The molecular formula is C28H27FN6O4S. The number of morpholine rings is 1. The van der Waals surface area contributed by atoms with Crippen molar-refractivity contribution >= 4 is 44.1 Å². The van der Waals surface area contributed by atoms with Crippen molar-refractivity contribution in [2.24, 2.45) is 0 Å². The van der Waals surface area contributed by atoms with Crippen LogP contribution in [0.4, 0.5) is 10.1 Å². The SMILES string of the molecule is Cc1c2c(=O)n(-c3nc4ccccc4s3)n(CC(=O)Nc3ccc(F)cc3)c2cc(=O)n1CCN1CCOCC1. The number of fused-ring (bicyclic) bond motifs is 2. The lowest BCUT2D eigenvalue weighted by molar-refractivity contribution is -0.116. The Morgan fingerprint density at radius 1 is 1.07 bits per heavy atom. The Morgan fingerprint density at radius 3 is 2.58 bits per heavy atom. The van der Waals surface area contributed by atoms with Gasteiger partial charge in [0.1, 0.15) is 12.4 Å². The fourth-order valence-corrected chi connectivity index (χ4v) is 6.03. The van der Waals surface area contributed by atoms with E-state index in [0.29, 0.717) is 53.7 Å². The molecule has 0 aliphatic carbocycles. The average molecular weight is 563 g/mol. The van der Waals surface area contributed by atoms with E-state index in [1.165, 1.54) is 51.0 Å². The zero-order valence-corrected chi connectivity index (χ0v) is 22.6. The van der Waals surface area contributed by atoms with E-state index < -0.39 is 11.7 Å². The van der Waals surface area contributed by atoms with Crippen molar-refractivity contribution < 1.29 is 13.9 Å². The predicted octanol–water partition coefficient (Wildman–Crippen LogP) is 2.98. The van der Waals surface area contributed by atoms with Crippen molar-refractivity contribution in [1.82, 2.24) is 23.8 Å². The van der Waals surface area contributed by atoms with Crippen LogP contribution in [0, 0.1) is 12.7 Å². The summed E-state index contributed by atoms with van der Waals surface area (Å²) < 4.78 is 24.1. The summed E-state index contributed by atoms with van der Waals surface area (Å²) in [4.78, 5) is 47.3. The number of amides is 1. The third-order valence-corrected chi connectivity index (χ3v) is 8.12. The molecule has 1 fully saturated rings. The van der Waals surface area contributed by atoms with Crippen molar-refractivity contribution in [2.75, 3.05) is 38.2 Å². The van der Waals surface area contributed by atoms with Crippen LogP contribution in [-0.2, 0) is 22.6 Å². The first-order valence-electron chi connectivity index (χ1n) is 13.0. The number of nitrogens with one attached hydrogen (secondary N) is 1. The fourth-order valence-electron chi connectivity index (χ4n) is 5.05. The molecule has 10 nitrogen and oxygen atoms in total. The van der Waals surface area contributed by atoms with Crippen molar-refractivity contribution in [3.05, 3.63) is 86.8 Å². The molecule has 4 heterocycles. The second kappa shape index (κ2) is 10.8. The molecule has 40 heavy (non-hydrogen) atoms. The first kappa shape index (κ1) is 26.1. The maximum Gasteiger partial charge on any atom is 0.283 e. The lowest BCUT2D eigenvalue weighted by atomic mass is 10.2. The highest BCUT2D eigenvalue weighted by atomic mass is 32.1. The van der Waals surface area contributed by atoms with Gasteiger partial charge in [0.05, 0.1) is 34.3 Å². The lowest BCUT2D eigenvalue weighted by Gasteiger charge is -2.27. The number of ether oxygens (including phenoxy) is 1. The minimum atomic E-state index is -0.437. The predicted molar refractivity (Wildman–Crippen MR) is 152 cm³/mol. The Balaban J connectivity index is 1.44. The number of anilines is 1. The molecule has 5 aromatic rings. The summed E-state index contributed by atoms with van der Waals surface area (Å²) >= 11 is 1.32. The van der Waals surface area contributed by atoms with Crippen LogP contribution in [0.25, 0.3) is 26.3 Å². The van der Waals surface area contributed by atoms with Gasteiger partial charge >= 0.3 is 0 Å². The van der Waals surface area contributed by atoms with Gasteiger partial charge in [0, 0.05) is 43.6 Å². The van der Waals surface area contributed by atoms with Gasteiger partial charge in [-0.15, -0.1) is 0 Å². The van der Waals surface area contributed by atoms with Gasteiger partial charge < -0.3 is 14.6 Å². The zero-order valence-electron chi connectivity index (χ0n) is 21.8. The Bertz CT molecular complexity index is 1800. The summed E-state index contributed by atoms with van der Waals surface area (Å²) in [5.74, 6) is -0.855. The lowest BCUT2D eigenvalue weighted by Crippen LogP contribution is -2.39. The van der Waals surface area contributed by atoms with Crippen LogP contribution in [-0.4, -0.2) is 62.6 Å². The Kier molecular flexibility index (Phi) is 7.05. The number of thiazole rings is 1. The monoisotopic (exact) mass is 562 g/mol. The third kappa shape index (κ3) is 4.96. The highest BCUT2D eigenvalue weighted by Gasteiger charge is 2.23. The molecule has 2 aromatic carbocycles. The first-order valence-corrected chi connectivity index (χ1v) is 13.8. The minimum Gasteiger partial charge on any atom is -0.379 e. The van der Waals surface area contributed by atoms with Gasteiger partial charge in [-0.3, -0.25) is 24.0 Å². The normalized spacial score (nSPS) is 14.2. The van der Waals surface area contributed by atoms with E-state index in [2.05, 4.69) is 15.2 Å². The van der Waals surface area contributed by atoms with Crippen molar-refractivity contribution in [3.63, 3.8) is 0 Å². The number of benzene rings is 2. The average Bonchev–Trinajstić information content (AvgIpc) is 3.48. The topological polar surface area (TPSA) is 103 Å². The molecule has 0 bridgehead atoms. The van der Waals surface area contributed by atoms with Crippen LogP contribution >= 0.6 is 11.3 Å². The largest absolute Gasteiger partial charge is 0.379 e. The molecule has 6 rings (SSSR count). The fraction of sp³-hybridized carbons (Fsp3) is 0.286. The molecule has 1 N–H and O–H groups in total. The van der Waals surface area contributed by atoms with Gasteiger partial charge in [0.25, 0.3) is 11.1 Å². The number of halogens is 1. The van der Waals surface area contributed by atoms with Crippen LogP contribution in [0.1, 0.15) is 5.69 Å². The molecule has 0 spiro atoms. The van der Waals surface area contributed by atoms with Gasteiger partial charge in [-0.1, -0.05) is 23.5 Å². The van der Waals surface area contributed by atoms with Crippen LogP contribution in [0.3, 0.4) is 0 Å². The van der Waals surface area contributed by atoms with E-state index in [4.69, 9.17) is 4.74 Å². The van der Waals surface area contributed by atoms with Crippen LogP contribution in [0.15, 0.2) is 64.2 Å². The molecule has 0 radical (unpaired) electrons. The van der Waals surface area contributed by atoms with Crippen molar-refractivity contribution in [1.29, 1.82) is 0 Å². The van der Waals surface area contributed by atoms with Crippen LogP contribution in [0.2, 0.25) is 0 Å². The second-order valence-corrected chi connectivity index (χ2v) is 10.6. The second-order valence-electron chi connectivity index (χ2n) is 9.63. The number of aryl methyl sites for hydroxylation is 1. The summed E-state index contributed by atoms with van der Waals surface area (Å²) in [5, 5.41) is 3.49. The number of pyridine rings is 1. The molecule has 1 amide bonds. The molecule has 1 saturated heterocycles. The molecule has 0 unspecified atom stereocenters. The first-order chi connectivity index (χ1) is 19.4. The van der Waals surface area contributed by atoms with Crippen molar-refractivity contribution in [3.8, 4) is 5.13 Å². The molecule has 0 saturated carbocycles. The summed E-state index contributed by atoms with van der Waals surface area (Å²) in [6.07, 6.45) is 0. The van der Waals surface area contributed by atoms with Crippen LogP contribution in [0.5, 0.6) is 0 Å². The molecule has 12 heteroatoms. The van der Waals surface area contributed by atoms with Gasteiger partial charge in [0.2, 0.25) is 11.0 Å². The van der Waals surface area contributed by atoms with Gasteiger partial charge in [-0.05, 0) is 43.3 Å². The van der Waals surface area contributed by atoms with Gasteiger partial charge in [-0.25, -0.2) is 9.37 Å². The van der Waals surface area contributed by atoms with E-state index in [1.807, 2.05) is 24.3 Å². The number of carbonyl (C=O) groups is 1. The number of aromatic nitrogens is 4. The Labute approximate surface area is 231 Å². The summed E-state index contributed by atoms with van der Waals surface area (Å²) in [7, 11) is 0. The van der Waals surface area contributed by atoms with Crippen LogP contribution < -0.4 is 16.4 Å². The minimum absolute atomic E-state index is 0.257.